The molecule has 0 radical (unpaired) electrons. The number of thiazole rings is 1. The van der Waals surface area contributed by atoms with Gasteiger partial charge >= 0.3 is 11.0 Å². The van der Waals surface area contributed by atoms with Gasteiger partial charge in [0.15, 0.2) is 6.61 Å². The lowest BCUT2D eigenvalue weighted by Gasteiger charge is -2.29. The molecule has 6 rings (SSSR count). The third-order valence-corrected chi connectivity index (χ3v) is 9.39. The van der Waals surface area contributed by atoms with Gasteiger partial charge in [-0.15, -0.1) is 0 Å². The Balaban J connectivity index is 1.25. The summed E-state index contributed by atoms with van der Waals surface area (Å²) in [6, 6.07) is 15.7. The van der Waals surface area contributed by atoms with Crippen LogP contribution in [0.4, 0.5) is 28.9 Å². The topological polar surface area (TPSA) is 109 Å². The minimum absolute atomic E-state index is 0.182. The first-order chi connectivity index (χ1) is 20.5. The zero-order valence-electron chi connectivity index (χ0n) is 21.7. The number of ether oxygens (including phenoxy) is 1. The summed E-state index contributed by atoms with van der Waals surface area (Å²) >= 11 is 1.91. The lowest BCUT2D eigenvalue weighted by atomic mass is 9.83. The Hall–Kier alpha value is -4.43. The van der Waals surface area contributed by atoms with Crippen molar-refractivity contribution in [2.75, 3.05) is 16.8 Å². The van der Waals surface area contributed by atoms with Crippen molar-refractivity contribution in [1.29, 1.82) is 0 Å². The summed E-state index contributed by atoms with van der Waals surface area (Å²) in [5.74, 6) is -3.67. The molecule has 3 atom stereocenters. The first-order valence-electron chi connectivity index (χ1n) is 12.7. The minimum atomic E-state index is -4.67. The minimum Gasteiger partial charge on any atom is -0.484 e. The van der Waals surface area contributed by atoms with Gasteiger partial charge in [-0.25, -0.2) is 9.29 Å². The number of halogens is 4. The van der Waals surface area contributed by atoms with Crippen LogP contribution in [0.15, 0.2) is 82.6 Å². The average Bonchev–Trinajstić information content (AvgIpc) is 3.47. The second-order valence-electron chi connectivity index (χ2n) is 9.72. The number of carbonyl (C=O) groups excluding carboxylic acids is 3. The molecule has 1 fully saturated rings. The summed E-state index contributed by atoms with van der Waals surface area (Å²) in [6.45, 7) is -0.343. The summed E-state index contributed by atoms with van der Waals surface area (Å²) < 4.78 is 58.8. The number of aromatic amines is 1. The first kappa shape index (κ1) is 28.7. The number of rotatable bonds is 6. The molecule has 3 amide bonds. The van der Waals surface area contributed by atoms with Crippen LogP contribution in [0.25, 0.3) is 0 Å². The molecular formula is C29H19F4N3O5S2. The highest BCUT2D eigenvalue weighted by atomic mass is 32.2. The Bertz CT molecular complexity index is 1790. The van der Waals surface area contributed by atoms with Gasteiger partial charge in [-0.2, -0.15) is 13.2 Å². The molecule has 43 heavy (non-hydrogen) atoms. The molecule has 0 aliphatic carbocycles. The van der Waals surface area contributed by atoms with E-state index in [1.807, 2.05) is 0 Å². The van der Waals surface area contributed by atoms with E-state index in [0.717, 1.165) is 46.2 Å². The Labute approximate surface area is 248 Å². The number of nitrogens with zero attached hydrogens (tertiary/aromatic N) is 1. The number of imide groups is 1. The van der Waals surface area contributed by atoms with E-state index >= 15 is 0 Å². The van der Waals surface area contributed by atoms with E-state index in [4.69, 9.17) is 4.74 Å². The van der Waals surface area contributed by atoms with Crippen LogP contribution in [0.5, 0.6) is 5.75 Å². The summed E-state index contributed by atoms with van der Waals surface area (Å²) in [6.07, 6.45) is -4.67. The highest BCUT2D eigenvalue weighted by molar-refractivity contribution is 8.00. The Morgan fingerprint density at radius 2 is 1.70 bits per heavy atom. The smallest absolute Gasteiger partial charge is 0.416 e. The predicted molar refractivity (Wildman–Crippen MR) is 151 cm³/mol. The molecule has 0 spiro atoms. The monoisotopic (exact) mass is 629 g/mol. The molecule has 2 N–H and O–H groups in total. The zero-order valence-corrected chi connectivity index (χ0v) is 23.3. The molecule has 2 unspecified atom stereocenters. The van der Waals surface area contributed by atoms with Crippen molar-refractivity contribution in [2.24, 2.45) is 5.92 Å². The Morgan fingerprint density at radius 3 is 2.40 bits per heavy atom. The number of benzene rings is 3. The molecule has 3 aromatic carbocycles. The molecule has 220 valence electrons. The van der Waals surface area contributed by atoms with Crippen LogP contribution in [0, 0.1) is 11.7 Å². The number of fused-ring (bicyclic) bond motifs is 2. The summed E-state index contributed by atoms with van der Waals surface area (Å²) in [4.78, 5) is 55.4. The second-order valence-corrected chi connectivity index (χ2v) is 11.9. The molecule has 2 aliphatic rings. The number of hydrogen-bond donors (Lipinski definition) is 2. The van der Waals surface area contributed by atoms with Crippen LogP contribution in [-0.2, 0) is 20.6 Å². The van der Waals surface area contributed by atoms with Gasteiger partial charge in [0.1, 0.15) is 16.8 Å². The van der Waals surface area contributed by atoms with Crippen LogP contribution in [-0.4, -0.2) is 34.6 Å². The Morgan fingerprint density at radius 1 is 0.977 bits per heavy atom. The van der Waals surface area contributed by atoms with E-state index < -0.39 is 52.4 Å². The van der Waals surface area contributed by atoms with Gasteiger partial charge in [0.25, 0.3) is 5.91 Å². The van der Waals surface area contributed by atoms with Crippen LogP contribution in [0.3, 0.4) is 0 Å². The quantitative estimate of drug-likeness (QED) is 0.218. The number of H-pyrrole nitrogens is 1. The van der Waals surface area contributed by atoms with Crippen molar-refractivity contribution >= 4 is 52.2 Å². The number of alkyl halides is 3. The van der Waals surface area contributed by atoms with Crippen LogP contribution >= 0.6 is 23.1 Å². The Kier molecular flexibility index (Phi) is 7.34. The number of aromatic nitrogens is 1. The normalized spacial score (nSPS) is 19.6. The van der Waals surface area contributed by atoms with Gasteiger partial charge in [-0.05, 0) is 60.2 Å². The van der Waals surface area contributed by atoms with Gasteiger partial charge in [0, 0.05) is 16.5 Å². The standard InChI is InChI=1S/C29H19F4N3O5S2/c30-16-6-8-17(9-7-16)34-20(37)13-41-19-10-4-14(5-11-19)21-22-24(42-25-23(21)43-28(40)35-25)27(39)36(26(22)38)18-3-1-2-15(12-18)29(31,32)33/h1-12,21-22,24H,13H2,(H,34,37)(H,35,40)/t21-,22?,24?/m1/s1. The van der Waals surface area contributed by atoms with Crippen LogP contribution in [0.1, 0.15) is 21.9 Å². The van der Waals surface area contributed by atoms with Gasteiger partial charge in [0.05, 0.1) is 22.2 Å². The number of carbonyl (C=O) groups is 3. The lowest BCUT2D eigenvalue weighted by Crippen LogP contribution is -2.32. The van der Waals surface area contributed by atoms with E-state index in [-0.39, 0.29) is 17.2 Å². The molecule has 1 saturated heterocycles. The SMILES string of the molecule is O=C(COc1ccc([C@H]2c3sc(=O)[nH]c3SC3C(=O)N(c4cccc(C(F)(F)F)c4)C(=O)C32)cc1)Nc1ccc(F)cc1. The molecule has 3 heterocycles. The highest BCUT2D eigenvalue weighted by Gasteiger charge is 2.56. The summed E-state index contributed by atoms with van der Waals surface area (Å²) in [7, 11) is 0. The predicted octanol–water partition coefficient (Wildman–Crippen LogP) is 5.41. The van der Waals surface area contributed by atoms with Gasteiger partial charge in [0.2, 0.25) is 11.8 Å². The lowest BCUT2D eigenvalue weighted by molar-refractivity contribution is -0.137. The molecule has 8 nitrogen and oxygen atoms in total. The maximum Gasteiger partial charge on any atom is 0.416 e. The van der Waals surface area contributed by atoms with Crippen LogP contribution in [0.2, 0.25) is 0 Å². The van der Waals surface area contributed by atoms with Gasteiger partial charge in [-0.1, -0.05) is 41.3 Å². The molecule has 0 bridgehead atoms. The van der Waals surface area contributed by atoms with Crippen molar-refractivity contribution in [2.45, 2.75) is 22.4 Å². The largest absolute Gasteiger partial charge is 0.484 e. The molecule has 4 aromatic rings. The number of thioether (sulfide) groups is 1. The van der Waals surface area contributed by atoms with Crippen molar-refractivity contribution in [3.8, 4) is 5.75 Å². The van der Waals surface area contributed by atoms with Crippen LogP contribution < -0.4 is 19.8 Å². The fraction of sp³-hybridized carbons (Fsp3) is 0.172. The van der Waals surface area contributed by atoms with E-state index in [9.17, 15) is 36.7 Å². The van der Waals surface area contributed by atoms with Gasteiger partial charge in [-0.3, -0.25) is 19.2 Å². The molecule has 14 heteroatoms. The second kappa shape index (κ2) is 11.0. The van der Waals surface area contributed by atoms with Crippen molar-refractivity contribution in [3.63, 3.8) is 0 Å². The fourth-order valence-corrected chi connectivity index (χ4v) is 7.62. The fourth-order valence-electron chi connectivity index (χ4n) is 5.10. The van der Waals surface area contributed by atoms with Crippen molar-refractivity contribution < 1.29 is 36.7 Å². The number of hydrogen-bond acceptors (Lipinski definition) is 7. The van der Waals surface area contributed by atoms with Gasteiger partial charge < -0.3 is 15.0 Å². The van der Waals surface area contributed by atoms with E-state index in [0.29, 0.717) is 26.9 Å². The van der Waals surface area contributed by atoms with E-state index in [1.165, 1.54) is 30.3 Å². The molecular weight excluding hydrogens is 610 g/mol. The maximum atomic E-state index is 13.8. The zero-order chi connectivity index (χ0) is 30.5. The summed E-state index contributed by atoms with van der Waals surface area (Å²) in [5.41, 5.74) is -0.207. The molecule has 1 aromatic heterocycles. The third kappa shape index (κ3) is 5.55. The van der Waals surface area contributed by atoms with Crippen molar-refractivity contribution in [3.05, 3.63) is 104 Å². The first-order valence-corrected chi connectivity index (χ1v) is 14.4. The maximum absolute atomic E-state index is 13.8. The average molecular weight is 630 g/mol. The number of anilines is 2. The van der Waals surface area contributed by atoms with E-state index in [2.05, 4.69) is 10.3 Å². The third-order valence-electron chi connectivity index (χ3n) is 6.99. The highest BCUT2D eigenvalue weighted by Crippen LogP contribution is 2.53. The van der Waals surface area contributed by atoms with E-state index in [1.54, 1.807) is 24.3 Å². The molecule has 0 saturated carbocycles. The molecule has 2 aliphatic heterocycles. The number of amides is 3. The van der Waals surface area contributed by atoms with Crippen molar-refractivity contribution in [1.82, 2.24) is 4.98 Å². The number of nitrogens with one attached hydrogen (secondary N) is 2. The summed E-state index contributed by atoms with van der Waals surface area (Å²) in [5, 5.41) is 2.02.